The zero-order valence-corrected chi connectivity index (χ0v) is 16.2. The number of halogens is 6. The van der Waals surface area contributed by atoms with Gasteiger partial charge in [-0.15, -0.1) is 0 Å². The molecule has 0 unspecified atom stereocenters. The van der Waals surface area contributed by atoms with Crippen molar-refractivity contribution in [2.45, 2.75) is 31.7 Å². The van der Waals surface area contributed by atoms with Crippen molar-refractivity contribution in [1.82, 2.24) is 4.57 Å². The van der Waals surface area contributed by atoms with Gasteiger partial charge in [-0.2, -0.15) is 26.3 Å². The summed E-state index contributed by atoms with van der Waals surface area (Å²) in [6.45, 7) is -1.71. The molecule has 0 fully saturated rings. The lowest BCUT2D eigenvalue weighted by Crippen LogP contribution is -2.34. The minimum absolute atomic E-state index is 0.0481. The van der Waals surface area contributed by atoms with Crippen LogP contribution in [0.5, 0.6) is 17.2 Å². The number of hydrogen-bond donors (Lipinski definition) is 0. The second-order valence-corrected chi connectivity index (χ2v) is 6.85. The van der Waals surface area contributed by atoms with Crippen LogP contribution in [0.25, 0.3) is 0 Å². The van der Waals surface area contributed by atoms with Crippen LogP contribution in [0.4, 0.5) is 26.3 Å². The highest BCUT2D eigenvalue weighted by molar-refractivity contribution is 5.47. The van der Waals surface area contributed by atoms with Crippen LogP contribution in [-0.4, -0.2) is 24.9 Å². The number of aryl methyl sites for hydroxylation is 1. The molecule has 0 aliphatic carbocycles. The number of hydrogen-bond acceptors (Lipinski definition) is 4. The van der Waals surface area contributed by atoms with Gasteiger partial charge in [0.2, 0.25) is 5.82 Å². The van der Waals surface area contributed by atoms with Crippen molar-refractivity contribution in [3.8, 4) is 17.2 Å². The van der Waals surface area contributed by atoms with Gasteiger partial charge in [-0.05, 0) is 25.1 Å². The topological polar surface area (TPSA) is 45.0 Å². The fraction of sp³-hybridized carbons (Fsp3) is 0.421. The van der Waals surface area contributed by atoms with E-state index < -0.39 is 35.5 Å². The van der Waals surface area contributed by atoms with Crippen LogP contribution in [0, 0.1) is 5.82 Å². The van der Waals surface area contributed by atoms with Crippen molar-refractivity contribution in [2.75, 3.05) is 13.7 Å². The van der Waals surface area contributed by atoms with Crippen molar-refractivity contribution >= 4 is 0 Å². The molecule has 1 aromatic heterocycles. The maximum absolute atomic E-state index is 14.6. The van der Waals surface area contributed by atoms with E-state index in [2.05, 4.69) is 9.73 Å². The summed E-state index contributed by atoms with van der Waals surface area (Å²) in [4.78, 5) is 4.41. The highest BCUT2D eigenvalue weighted by atomic mass is 19.4. The molecule has 0 bridgehead atoms. The molecule has 0 radical (unpaired) electrons. The Hall–Kier alpha value is -2.85. The van der Waals surface area contributed by atoms with E-state index >= 15 is 0 Å². The number of benzene rings is 1. The van der Waals surface area contributed by atoms with Crippen LogP contribution in [-0.2, 0) is 18.8 Å². The standard InChI is InChI=1S/C19H18F6N2O3/c1-18(6-7-29-15-11(18)4-5-12(28-3)14(15)20)26-16-13(30-17(21)22)8-10(9-27(16)2)19(23,24)25/h4-5,8-9,17H,6-7H2,1-3H3/b26-16-/t18-/m0/s1. The summed E-state index contributed by atoms with van der Waals surface area (Å²) in [5, 5.41) is 0. The van der Waals surface area contributed by atoms with E-state index in [0.717, 1.165) is 10.8 Å². The third kappa shape index (κ3) is 4.05. The number of methoxy groups -OCH3 is 1. The van der Waals surface area contributed by atoms with Crippen LogP contribution >= 0.6 is 0 Å². The fourth-order valence-electron chi connectivity index (χ4n) is 3.26. The van der Waals surface area contributed by atoms with Crippen molar-refractivity contribution in [1.29, 1.82) is 0 Å². The number of pyridine rings is 1. The van der Waals surface area contributed by atoms with Crippen molar-refractivity contribution < 1.29 is 40.6 Å². The third-order valence-electron chi connectivity index (χ3n) is 4.77. The summed E-state index contributed by atoms with van der Waals surface area (Å²) >= 11 is 0. The molecule has 0 saturated carbocycles. The number of rotatable bonds is 4. The lowest BCUT2D eigenvalue weighted by Gasteiger charge is -2.33. The van der Waals surface area contributed by atoms with Gasteiger partial charge in [0.1, 0.15) is 0 Å². The zero-order chi connectivity index (χ0) is 22.3. The molecule has 1 atom stereocenters. The maximum Gasteiger partial charge on any atom is 0.417 e. The molecule has 1 aliphatic rings. The SMILES string of the molecule is COc1ccc2c(c1F)OCC[C@]2(C)/N=c1/c(OC(F)F)cc(C(F)(F)F)cn1C. The van der Waals surface area contributed by atoms with E-state index in [1.165, 1.54) is 26.3 Å². The highest BCUT2D eigenvalue weighted by Gasteiger charge is 2.37. The summed E-state index contributed by atoms with van der Waals surface area (Å²) in [6, 6.07) is 3.33. The molecule has 0 spiro atoms. The lowest BCUT2D eigenvalue weighted by atomic mass is 9.86. The molecule has 2 heterocycles. The maximum atomic E-state index is 14.6. The predicted molar refractivity (Wildman–Crippen MR) is 93.0 cm³/mol. The molecule has 1 aromatic carbocycles. The number of alkyl halides is 5. The first kappa shape index (κ1) is 21.8. The van der Waals surface area contributed by atoms with Gasteiger partial charge in [-0.3, -0.25) is 4.99 Å². The summed E-state index contributed by atoms with van der Waals surface area (Å²) in [5.41, 5.74) is -2.31. The molecule has 0 N–H and O–H groups in total. The zero-order valence-electron chi connectivity index (χ0n) is 16.2. The summed E-state index contributed by atoms with van der Waals surface area (Å²) < 4.78 is 95.3. The number of ether oxygens (including phenoxy) is 3. The Labute approximate surface area is 167 Å². The van der Waals surface area contributed by atoms with Gasteiger partial charge >= 0.3 is 12.8 Å². The van der Waals surface area contributed by atoms with Gasteiger partial charge < -0.3 is 18.8 Å². The molecule has 164 valence electrons. The number of fused-ring (bicyclic) bond motifs is 1. The number of nitrogens with zero attached hydrogens (tertiary/aromatic N) is 2. The summed E-state index contributed by atoms with van der Waals surface area (Å²) in [5.74, 6) is -1.67. The van der Waals surface area contributed by atoms with Gasteiger partial charge in [0.15, 0.2) is 22.7 Å². The Morgan fingerprint density at radius 2 is 1.93 bits per heavy atom. The Kier molecular flexibility index (Phi) is 5.66. The number of aromatic nitrogens is 1. The third-order valence-corrected chi connectivity index (χ3v) is 4.77. The molecule has 11 heteroatoms. The Bertz CT molecular complexity index is 1020. The summed E-state index contributed by atoms with van der Waals surface area (Å²) in [7, 11) is 2.51. The van der Waals surface area contributed by atoms with Gasteiger partial charge in [0, 0.05) is 25.2 Å². The van der Waals surface area contributed by atoms with Crippen LogP contribution in [0.2, 0.25) is 0 Å². The van der Waals surface area contributed by atoms with E-state index in [9.17, 15) is 26.3 Å². The van der Waals surface area contributed by atoms with E-state index in [-0.39, 0.29) is 30.0 Å². The molecule has 2 aromatic rings. The molecule has 30 heavy (non-hydrogen) atoms. The van der Waals surface area contributed by atoms with E-state index in [1.807, 2.05) is 0 Å². The monoisotopic (exact) mass is 436 g/mol. The van der Waals surface area contributed by atoms with E-state index in [1.54, 1.807) is 6.92 Å². The molecular weight excluding hydrogens is 418 g/mol. The van der Waals surface area contributed by atoms with Crippen molar-refractivity contribution in [3.63, 3.8) is 0 Å². The molecule has 3 rings (SSSR count). The van der Waals surface area contributed by atoms with E-state index in [0.29, 0.717) is 11.6 Å². The minimum atomic E-state index is -4.77. The second-order valence-electron chi connectivity index (χ2n) is 6.85. The van der Waals surface area contributed by atoms with Gasteiger partial charge in [0.05, 0.1) is 24.8 Å². The molecular formula is C19H18F6N2O3. The molecule has 0 amide bonds. The van der Waals surface area contributed by atoms with Crippen molar-refractivity contribution in [3.05, 3.63) is 46.8 Å². The first-order valence-corrected chi connectivity index (χ1v) is 8.74. The average molecular weight is 436 g/mol. The van der Waals surface area contributed by atoms with Gasteiger partial charge in [-0.25, -0.2) is 0 Å². The predicted octanol–water partition coefficient (Wildman–Crippen LogP) is 4.39. The molecule has 1 aliphatic heterocycles. The largest absolute Gasteiger partial charge is 0.494 e. The van der Waals surface area contributed by atoms with Gasteiger partial charge in [0.25, 0.3) is 0 Å². The Morgan fingerprint density at radius 1 is 1.23 bits per heavy atom. The second kappa shape index (κ2) is 7.77. The van der Waals surface area contributed by atoms with Gasteiger partial charge in [-0.1, -0.05) is 0 Å². The fourth-order valence-corrected chi connectivity index (χ4v) is 3.26. The van der Waals surface area contributed by atoms with Crippen molar-refractivity contribution in [2.24, 2.45) is 12.0 Å². The lowest BCUT2D eigenvalue weighted by molar-refractivity contribution is -0.138. The highest BCUT2D eigenvalue weighted by Crippen LogP contribution is 2.43. The first-order valence-electron chi connectivity index (χ1n) is 8.74. The molecule has 0 saturated heterocycles. The Morgan fingerprint density at radius 3 is 2.53 bits per heavy atom. The molecule has 5 nitrogen and oxygen atoms in total. The summed E-state index contributed by atoms with van der Waals surface area (Å²) in [6.07, 6.45) is -3.83. The van der Waals surface area contributed by atoms with E-state index in [4.69, 9.17) is 9.47 Å². The quantitative estimate of drug-likeness (QED) is 0.668. The minimum Gasteiger partial charge on any atom is -0.494 e. The smallest absolute Gasteiger partial charge is 0.417 e. The van der Waals surface area contributed by atoms with Crippen LogP contribution in [0.15, 0.2) is 29.4 Å². The average Bonchev–Trinajstić information content (AvgIpc) is 2.64. The van der Waals surface area contributed by atoms with Crippen LogP contribution in [0.3, 0.4) is 0 Å². The first-order chi connectivity index (χ1) is 14.0. The van der Waals surface area contributed by atoms with Crippen LogP contribution in [0.1, 0.15) is 24.5 Å². The normalized spacial score (nSPS) is 19.5. The van der Waals surface area contributed by atoms with Crippen LogP contribution < -0.4 is 19.7 Å². The Balaban J connectivity index is 2.24.